The number of urea groups is 1. The molecule has 0 bridgehead atoms. The van der Waals surface area contributed by atoms with Crippen molar-refractivity contribution in [3.05, 3.63) is 71.3 Å². The molecule has 0 aliphatic rings. The molecule has 2 aromatic carbocycles. The van der Waals surface area contributed by atoms with Gasteiger partial charge in [-0.3, -0.25) is 14.3 Å². The first-order valence-corrected chi connectivity index (χ1v) is 10.3. The summed E-state index contributed by atoms with van der Waals surface area (Å²) in [6, 6.07) is 6.56. The highest BCUT2D eigenvalue weighted by atomic mass is 19.4. The molecular weight excluding hydrogens is 470 g/mol. The maximum Gasteiger partial charge on any atom is 0.416 e. The van der Waals surface area contributed by atoms with E-state index < -0.39 is 35.2 Å². The molecule has 0 aliphatic carbocycles. The Morgan fingerprint density at radius 2 is 1.69 bits per heavy atom. The van der Waals surface area contributed by atoms with Crippen molar-refractivity contribution in [1.29, 1.82) is 0 Å². The Hall–Kier alpha value is -4.35. The Bertz CT molecular complexity index is 1280. The van der Waals surface area contributed by atoms with Gasteiger partial charge in [-0.05, 0) is 42.3 Å². The van der Waals surface area contributed by atoms with Crippen LogP contribution in [0.5, 0.6) is 0 Å². The Morgan fingerprint density at radius 1 is 1.03 bits per heavy atom. The van der Waals surface area contributed by atoms with E-state index in [-0.39, 0.29) is 29.1 Å². The molecule has 0 atom stereocenters. The highest BCUT2D eigenvalue weighted by Crippen LogP contribution is 2.32. The Balaban J connectivity index is 1.81. The summed E-state index contributed by atoms with van der Waals surface area (Å²) in [6.07, 6.45) is -2.60. The van der Waals surface area contributed by atoms with Gasteiger partial charge in [-0.15, -0.1) is 0 Å². The first kappa shape index (κ1) is 25.3. The van der Waals surface area contributed by atoms with E-state index in [2.05, 4.69) is 5.32 Å². The molecule has 12 heteroatoms. The van der Waals surface area contributed by atoms with Gasteiger partial charge >= 0.3 is 12.2 Å². The number of nitrogens with two attached hydrogens (primary N) is 2. The molecule has 1 heterocycles. The third-order valence-electron chi connectivity index (χ3n) is 5.02. The molecule has 3 amide bonds. The lowest BCUT2D eigenvalue weighted by Crippen LogP contribution is -2.21. The van der Waals surface area contributed by atoms with E-state index >= 15 is 0 Å². The summed E-state index contributed by atoms with van der Waals surface area (Å²) in [5.41, 5.74) is 4.66. The monoisotopic (exact) mass is 491 g/mol. The number of benzene rings is 2. The molecule has 0 fully saturated rings. The summed E-state index contributed by atoms with van der Waals surface area (Å²) in [4.78, 5) is 36.7. The molecule has 0 unspecified atom stereocenters. The van der Waals surface area contributed by atoms with Gasteiger partial charge in [-0.1, -0.05) is 19.1 Å². The maximum absolute atomic E-state index is 13.9. The third kappa shape index (κ3) is 5.60. The summed E-state index contributed by atoms with van der Waals surface area (Å²) in [7, 11) is 0. The molecule has 184 valence electrons. The van der Waals surface area contributed by atoms with Crippen LogP contribution in [-0.2, 0) is 6.18 Å². The van der Waals surface area contributed by atoms with Crippen LogP contribution >= 0.6 is 0 Å². The number of aromatic nitrogens is 1. The van der Waals surface area contributed by atoms with Crippen molar-refractivity contribution < 1.29 is 31.9 Å². The normalized spacial score (nSPS) is 11.2. The lowest BCUT2D eigenvalue weighted by molar-refractivity contribution is -0.137. The number of carbonyl (C=O) groups excluding carboxylic acids is 3. The SMILES string of the molecule is CCCC(=O)c1c(C(N)=O)c(-c2ccc(NC(=O)Nc3cc(C(F)(F)F)ccc3F)cc2)cn1N. The second-order valence-electron chi connectivity index (χ2n) is 7.56. The highest BCUT2D eigenvalue weighted by Gasteiger charge is 2.31. The van der Waals surface area contributed by atoms with Crippen LogP contribution in [0.25, 0.3) is 11.1 Å². The lowest BCUT2D eigenvalue weighted by Gasteiger charge is -2.12. The molecule has 0 aliphatic heterocycles. The van der Waals surface area contributed by atoms with Crippen molar-refractivity contribution in [2.75, 3.05) is 16.5 Å². The van der Waals surface area contributed by atoms with Gasteiger partial charge in [0.05, 0.1) is 16.8 Å². The van der Waals surface area contributed by atoms with Gasteiger partial charge in [0, 0.05) is 23.9 Å². The molecule has 0 radical (unpaired) electrons. The maximum atomic E-state index is 13.9. The average Bonchev–Trinajstić information content (AvgIpc) is 3.12. The lowest BCUT2D eigenvalue weighted by atomic mass is 9.99. The van der Waals surface area contributed by atoms with E-state index in [1.165, 1.54) is 30.5 Å². The number of hydrogen-bond acceptors (Lipinski definition) is 4. The summed E-state index contributed by atoms with van der Waals surface area (Å²) in [5.74, 6) is 3.67. The first-order chi connectivity index (χ1) is 16.4. The molecule has 0 saturated heterocycles. The third-order valence-corrected chi connectivity index (χ3v) is 5.02. The fourth-order valence-corrected chi connectivity index (χ4v) is 3.44. The number of nitrogen functional groups attached to an aromatic ring is 1. The number of primary amides is 1. The summed E-state index contributed by atoms with van der Waals surface area (Å²) < 4.78 is 53.4. The van der Waals surface area contributed by atoms with Crippen LogP contribution in [0.2, 0.25) is 0 Å². The second kappa shape index (κ2) is 9.87. The van der Waals surface area contributed by atoms with Crippen molar-refractivity contribution in [2.24, 2.45) is 5.73 Å². The standard InChI is InChI=1S/C23H21F4N5O3/c1-2-3-18(33)20-19(21(28)34)15(11-32(20)29)12-4-7-14(8-5-12)30-22(35)31-17-10-13(23(25,26)27)6-9-16(17)24/h4-11H,2-3,29H2,1H3,(H2,28,34)(H2,30,31,35). The van der Waals surface area contributed by atoms with Gasteiger partial charge in [0.25, 0.3) is 5.91 Å². The predicted octanol–water partition coefficient (Wildman–Crippen LogP) is 4.75. The molecule has 0 saturated carbocycles. The van der Waals surface area contributed by atoms with Crippen LogP contribution in [0.4, 0.5) is 33.7 Å². The van der Waals surface area contributed by atoms with E-state index in [9.17, 15) is 31.9 Å². The molecule has 6 N–H and O–H groups in total. The minimum absolute atomic E-state index is 0.0148. The molecule has 8 nitrogen and oxygen atoms in total. The van der Waals surface area contributed by atoms with Crippen LogP contribution in [0.3, 0.4) is 0 Å². The number of amides is 3. The minimum atomic E-state index is -4.70. The Kier molecular flexibility index (Phi) is 7.13. The van der Waals surface area contributed by atoms with Gasteiger partial charge < -0.3 is 22.2 Å². The van der Waals surface area contributed by atoms with E-state index in [1.54, 1.807) is 6.92 Å². The number of Topliss-reactive ketones (excluding diaryl/α,β-unsaturated/α-hetero) is 1. The number of rotatable bonds is 7. The second-order valence-corrected chi connectivity index (χ2v) is 7.56. The van der Waals surface area contributed by atoms with Crippen LogP contribution in [0.15, 0.2) is 48.7 Å². The van der Waals surface area contributed by atoms with Crippen LogP contribution in [0, 0.1) is 5.82 Å². The average molecular weight is 491 g/mol. The fraction of sp³-hybridized carbons (Fsp3) is 0.174. The Morgan fingerprint density at radius 3 is 2.26 bits per heavy atom. The smallest absolute Gasteiger partial charge is 0.366 e. The van der Waals surface area contributed by atoms with Crippen molar-refractivity contribution >= 4 is 29.1 Å². The van der Waals surface area contributed by atoms with Gasteiger partial charge in [-0.25, -0.2) is 9.18 Å². The van der Waals surface area contributed by atoms with Gasteiger partial charge in [0.2, 0.25) is 0 Å². The van der Waals surface area contributed by atoms with Crippen molar-refractivity contribution in [3.8, 4) is 11.1 Å². The van der Waals surface area contributed by atoms with Gasteiger partial charge in [0.15, 0.2) is 5.78 Å². The van der Waals surface area contributed by atoms with Crippen molar-refractivity contribution in [3.63, 3.8) is 0 Å². The topological polar surface area (TPSA) is 132 Å². The number of alkyl halides is 3. The van der Waals surface area contributed by atoms with Gasteiger partial charge in [-0.2, -0.15) is 13.2 Å². The number of hydrogen-bond donors (Lipinski definition) is 4. The number of nitrogens with zero attached hydrogens (tertiary/aromatic N) is 1. The first-order valence-electron chi connectivity index (χ1n) is 10.3. The zero-order chi connectivity index (χ0) is 25.9. The number of halogens is 4. The van der Waals surface area contributed by atoms with Crippen LogP contribution in [0.1, 0.15) is 46.2 Å². The van der Waals surface area contributed by atoms with E-state index in [0.717, 1.165) is 4.68 Å². The highest BCUT2D eigenvalue weighted by molar-refractivity contribution is 6.11. The zero-order valence-electron chi connectivity index (χ0n) is 18.4. The molecule has 3 rings (SSSR count). The van der Waals surface area contributed by atoms with E-state index in [1.807, 2.05) is 5.32 Å². The Labute approximate surface area is 196 Å². The van der Waals surface area contributed by atoms with Crippen LogP contribution < -0.4 is 22.2 Å². The minimum Gasteiger partial charge on any atom is -0.366 e. The molecule has 1 aromatic heterocycles. The predicted molar refractivity (Wildman–Crippen MR) is 122 cm³/mol. The van der Waals surface area contributed by atoms with Crippen molar-refractivity contribution in [1.82, 2.24) is 4.68 Å². The number of ketones is 1. The number of anilines is 2. The van der Waals surface area contributed by atoms with Crippen molar-refractivity contribution in [2.45, 2.75) is 25.9 Å². The molecule has 0 spiro atoms. The number of nitrogens with one attached hydrogen (secondary N) is 2. The van der Waals surface area contributed by atoms with Gasteiger partial charge in [0.1, 0.15) is 11.5 Å². The number of carbonyl (C=O) groups is 3. The van der Waals surface area contributed by atoms with Crippen LogP contribution in [-0.4, -0.2) is 22.4 Å². The summed E-state index contributed by atoms with van der Waals surface area (Å²) in [6.45, 7) is 1.80. The largest absolute Gasteiger partial charge is 0.416 e. The zero-order valence-corrected chi connectivity index (χ0v) is 18.4. The summed E-state index contributed by atoms with van der Waals surface area (Å²) in [5, 5.41) is 4.40. The quantitative estimate of drug-likeness (QED) is 0.216. The van der Waals surface area contributed by atoms with E-state index in [4.69, 9.17) is 11.6 Å². The fourth-order valence-electron chi connectivity index (χ4n) is 3.44. The summed E-state index contributed by atoms with van der Waals surface area (Å²) >= 11 is 0. The molecular formula is C23H21F4N5O3. The van der Waals surface area contributed by atoms with E-state index in [0.29, 0.717) is 35.7 Å². The molecule has 3 aromatic rings. The molecule has 35 heavy (non-hydrogen) atoms.